The van der Waals surface area contributed by atoms with E-state index in [0.717, 1.165) is 9.80 Å². The molecule has 0 N–H and O–H groups in total. The van der Waals surface area contributed by atoms with Gasteiger partial charge < -0.3 is 39.6 Å². The number of carbonyl (C=O) groups excluding carboxylic acids is 4. The molecule has 0 aromatic heterocycles. The van der Waals surface area contributed by atoms with Gasteiger partial charge in [-0.3, -0.25) is 9.80 Å². The molecule has 0 fully saturated rings. The molecule has 118 valence electrons. The average Bonchev–Trinajstić information content (AvgIpc) is 2.22. The zero-order chi connectivity index (χ0) is 15.7. The summed E-state index contributed by atoms with van der Waals surface area (Å²) in [5, 5.41) is 41.6. The van der Waals surface area contributed by atoms with Crippen LogP contribution in [0.25, 0.3) is 0 Å². The summed E-state index contributed by atoms with van der Waals surface area (Å²) < 4.78 is 0. The molecule has 22 heavy (non-hydrogen) atoms. The molecule has 0 aliphatic carbocycles. The Hall–Kier alpha value is -0.408. The minimum absolute atomic E-state index is 0. The second kappa shape index (κ2) is 14.2. The predicted molar refractivity (Wildman–Crippen MR) is 58.7 cm³/mol. The van der Waals surface area contributed by atoms with E-state index in [1.54, 1.807) is 0 Å². The second-order valence-corrected chi connectivity index (χ2v) is 3.91. The molecule has 0 saturated heterocycles. The van der Waals surface area contributed by atoms with Gasteiger partial charge in [-0.15, -0.1) is 0 Å². The average molecular weight is 380 g/mol. The number of carbonyl (C=O) groups is 4. The Balaban J connectivity index is -0.00000180. The number of carboxylic acid groups (broad SMARTS) is 4. The van der Waals surface area contributed by atoms with Crippen molar-refractivity contribution in [2.45, 2.75) is 0 Å². The summed E-state index contributed by atoms with van der Waals surface area (Å²) in [6.45, 7) is -3.25. The van der Waals surface area contributed by atoms with Crippen molar-refractivity contribution < 1.29 is 57.0 Å². The number of carboxylic acids is 4. The summed E-state index contributed by atoms with van der Waals surface area (Å²) in [5.41, 5.74) is 0. The second-order valence-electron chi connectivity index (χ2n) is 3.91. The molecular formula is C10H12CaCrN2O8. The van der Waals surface area contributed by atoms with Crippen LogP contribution in [0.3, 0.4) is 0 Å². The number of rotatable bonds is 11. The predicted octanol–water partition coefficient (Wildman–Crippen LogP) is -7.79. The van der Waals surface area contributed by atoms with Gasteiger partial charge in [0.15, 0.2) is 0 Å². The molecule has 0 saturated carbocycles. The summed E-state index contributed by atoms with van der Waals surface area (Å²) >= 11 is 0. The molecule has 0 heterocycles. The van der Waals surface area contributed by atoms with Crippen molar-refractivity contribution in [3.63, 3.8) is 0 Å². The summed E-state index contributed by atoms with van der Waals surface area (Å²) in [7, 11) is 0. The van der Waals surface area contributed by atoms with Gasteiger partial charge >= 0.3 is 55.1 Å². The van der Waals surface area contributed by atoms with E-state index >= 15 is 0 Å². The van der Waals surface area contributed by atoms with E-state index in [0.29, 0.717) is 0 Å². The smallest absolute Gasteiger partial charge is 0.549 e. The van der Waals surface area contributed by atoms with Crippen LogP contribution >= 0.6 is 0 Å². The van der Waals surface area contributed by atoms with Crippen molar-refractivity contribution in [1.82, 2.24) is 9.80 Å². The fourth-order valence-corrected chi connectivity index (χ4v) is 1.44. The Morgan fingerprint density at radius 3 is 0.909 bits per heavy atom. The Bertz CT molecular complexity index is 327. The maximum Gasteiger partial charge on any atom is 2.00 e. The summed E-state index contributed by atoms with van der Waals surface area (Å²) in [6.07, 6.45) is 0. The molecular weight excluding hydrogens is 368 g/mol. The summed E-state index contributed by atoms with van der Waals surface area (Å²) in [6, 6.07) is 0. The fourth-order valence-electron chi connectivity index (χ4n) is 1.44. The monoisotopic (exact) mass is 380 g/mol. The van der Waals surface area contributed by atoms with Crippen LogP contribution in [0.2, 0.25) is 0 Å². The minimum atomic E-state index is -1.53. The van der Waals surface area contributed by atoms with Crippen LogP contribution < -0.4 is 20.4 Å². The van der Waals surface area contributed by atoms with Gasteiger partial charge in [0.25, 0.3) is 0 Å². The van der Waals surface area contributed by atoms with Gasteiger partial charge in [-0.05, 0) is 0 Å². The van der Waals surface area contributed by atoms with E-state index in [9.17, 15) is 39.6 Å². The largest absolute Gasteiger partial charge is 2.00 e. The van der Waals surface area contributed by atoms with Crippen molar-refractivity contribution >= 4 is 61.6 Å². The molecule has 0 unspecified atom stereocenters. The first kappa shape index (κ1) is 26.5. The van der Waals surface area contributed by atoms with Crippen LogP contribution in [0, 0.1) is 0 Å². The Kier molecular flexibility index (Phi) is 17.1. The number of nitrogens with zero attached hydrogens (tertiary/aromatic N) is 2. The van der Waals surface area contributed by atoms with E-state index in [4.69, 9.17) is 0 Å². The van der Waals surface area contributed by atoms with Crippen LogP contribution in [0.15, 0.2) is 0 Å². The van der Waals surface area contributed by atoms with Gasteiger partial charge in [0.05, 0.1) is 23.9 Å². The topological polar surface area (TPSA) is 167 Å². The van der Waals surface area contributed by atoms with E-state index in [1.807, 2.05) is 0 Å². The fraction of sp³-hybridized carbons (Fsp3) is 0.600. The third-order valence-corrected chi connectivity index (χ3v) is 2.14. The van der Waals surface area contributed by atoms with Gasteiger partial charge in [-0.2, -0.15) is 0 Å². The van der Waals surface area contributed by atoms with Crippen LogP contribution in [0.1, 0.15) is 0 Å². The van der Waals surface area contributed by atoms with Gasteiger partial charge in [-0.25, -0.2) is 0 Å². The first-order valence-corrected chi connectivity index (χ1v) is 5.44. The van der Waals surface area contributed by atoms with Gasteiger partial charge in [0.2, 0.25) is 0 Å². The SMILES string of the molecule is O=C([O-])CN(CCN(CC(=O)[O-])CC(=O)[O-])CC(=O)[O-].[Ca+2].[Cr+2]. The molecule has 0 atom stereocenters. The van der Waals surface area contributed by atoms with Crippen molar-refractivity contribution in [3.8, 4) is 0 Å². The summed E-state index contributed by atoms with van der Waals surface area (Å²) in [5.74, 6) is -6.12. The van der Waals surface area contributed by atoms with E-state index in [2.05, 4.69) is 0 Å². The van der Waals surface area contributed by atoms with Crippen molar-refractivity contribution in [3.05, 3.63) is 0 Å². The maximum absolute atomic E-state index is 10.4. The van der Waals surface area contributed by atoms with Gasteiger partial charge in [-0.1, -0.05) is 0 Å². The number of hydrogen-bond donors (Lipinski definition) is 0. The van der Waals surface area contributed by atoms with Crippen LogP contribution in [-0.2, 0) is 36.5 Å². The normalized spacial score (nSPS) is 9.73. The van der Waals surface area contributed by atoms with Crippen LogP contribution in [0.5, 0.6) is 0 Å². The molecule has 0 aromatic carbocycles. The van der Waals surface area contributed by atoms with Crippen LogP contribution in [-0.4, -0.2) is 111 Å². The molecule has 0 aromatic rings. The molecule has 0 aliphatic heterocycles. The summed E-state index contributed by atoms with van der Waals surface area (Å²) in [4.78, 5) is 43.4. The maximum atomic E-state index is 10.4. The molecule has 0 amide bonds. The Labute approximate surface area is 166 Å². The van der Waals surface area contributed by atoms with Crippen molar-refractivity contribution in [1.29, 1.82) is 0 Å². The third-order valence-electron chi connectivity index (χ3n) is 2.14. The quantitative estimate of drug-likeness (QED) is 0.314. The molecule has 0 bridgehead atoms. The number of hydrogen-bond acceptors (Lipinski definition) is 10. The van der Waals surface area contributed by atoms with Gasteiger partial charge in [0.1, 0.15) is 0 Å². The van der Waals surface area contributed by atoms with Crippen molar-refractivity contribution in [2.75, 3.05) is 39.3 Å². The van der Waals surface area contributed by atoms with E-state index in [1.165, 1.54) is 0 Å². The Morgan fingerprint density at radius 2 is 0.773 bits per heavy atom. The molecule has 12 heteroatoms. The van der Waals surface area contributed by atoms with E-state index < -0.39 is 50.1 Å². The van der Waals surface area contributed by atoms with Crippen molar-refractivity contribution in [2.24, 2.45) is 0 Å². The standard InChI is InChI=1S/C10H16N2O8.Ca.Cr/c13-7(14)3-11(4-8(15)16)1-2-12(5-9(17)18)6-10(19)20;;/h1-6H2,(H,13,14)(H,15,16)(H,17,18)(H,19,20);;/q;2*+2/p-4. The van der Waals surface area contributed by atoms with Crippen LogP contribution in [0.4, 0.5) is 0 Å². The zero-order valence-corrected chi connectivity index (χ0v) is 15.0. The molecule has 0 rings (SSSR count). The van der Waals surface area contributed by atoms with E-state index in [-0.39, 0.29) is 68.2 Å². The molecule has 0 aliphatic rings. The molecule has 0 spiro atoms. The Morgan fingerprint density at radius 1 is 0.591 bits per heavy atom. The number of aliphatic carboxylic acids is 4. The molecule has 10 nitrogen and oxygen atoms in total. The minimum Gasteiger partial charge on any atom is -0.549 e. The first-order chi connectivity index (χ1) is 9.20. The molecule has 0 radical (unpaired) electrons. The zero-order valence-electron chi connectivity index (χ0n) is 11.5. The third kappa shape index (κ3) is 16.0. The first-order valence-electron chi connectivity index (χ1n) is 5.44. The van der Waals surface area contributed by atoms with Gasteiger partial charge in [0, 0.05) is 39.3 Å².